The molecule has 3 aliphatic rings. The second-order valence-electron chi connectivity index (χ2n) is 10.2. The Bertz CT molecular complexity index is 657. The van der Waals surface area contributed by atoms with E-state index in [9.17, 15) is 9.50 Å². The normalized spacial score (nSPS) is 32.0. The van der Waals surface area contributed by atoms with Crippen LogP contribution in [0.4, 0.5) is 4.39 Å². The van der Waals surface area contributed by atoms with Crippen molar-refractivity contribution in [1.82, 2.24) is 10.2 Å². The van der Waals surface area contributed by atoms with Crippen molar-refractivity contribution in [1.29, 1.82) is 0 Å². The third kappa shape index (κ3) is 5.24. The molecule has 1 aromatic rings. The van der Waals surface area contributed by atoms with Gasteiger partial charge in [0.1, 0.15) is 18.3 Å². The average molecular weight is 418 g/mol. The fourth-order valence-corrected chi connectivity index (χ4v) is 6.22. The highest BCUT2D eigenvalue weighted by atomic mass is 19.1. The SMILES string of the molecule is NC1NC(CCC2CCCCC2)(CC2CCCCC2)C(O)N1Cc1ccc(F)cc1. The number of nitrogens with zero attached hydrogens (tertiary/aromatic N) is 1. The molecule has 0 amide bonds. The number of benzene rings is 1. The summed E-state index contributed by atoms with van der Waals surface area (Å²) in [4.78, 5) is 1.97. The van der Waals surface area contributed by atoms with E-state index in [1.54, 1.807) is 12.1 Å². The van der Waals surface area contributed by atoms with Gasteiger partial charge in [-0.3, -0.25) is 5.32 Å². The quantitative estimate of drug-likeness (QED) is 0.593. The first-order valence-corrected chi connectivity index (χ1v) is 12.3. The van der Waals surface area contributed by atoms with Crippen LogP contribution in [0.25, 0.3) is 0 Å². The molecule has 1 aromatic carbocycles. The van der Waals surface area contributed by atoms with Crippen LogP contribution in [0, 0.1) is 17.7 Å². The third-order valence-electron chi connectivity index (χ3n) is 7.98. The highest BCUT2D eigenvalue weighted by molar-refractivity contribution is 5.17. The van der Waals surface area contributed by atoms with E-state index >= 15 is 0 Å². The number of nitrogens with two attached hydrogens (primary N) is 1. The van der Waals surface area contributed by atoms with E-state index in [-0.39, 0.29) is 17.6 Å². The summed E-state index contributed by atoms with van der Waals surface area (Å²) in [6, 6.07) is 6.54. The van der Waals surface area contributed by atoms with Crippen LogP contribution in [-0.2, 0) is 6.54 Å². The van der Waals surface area contributed by atoms with Crippen LogP contribution in [0.5, 0.6) is 0 Å². The minimum absolute atomic E-state index is 0.234. The van der Waals surface area contributed by atoms with E-state index in [4.69, 9.17) is 5.73 Å². The van der Waals surface area contributed by atoms with Crippen LogP contribution >= 0.6 is 0 Å². The lowest BCUT2D eigenvalue weighted by Gasteiger charge is -2.39. The predicted octanol–water partition coefficient (Wildman–Crippen LogP) is 4.86. The van der Waals surface area contributed by atoms with Gasteiger partial charge in [-0.1, -0.05) is 76.3 Å². The highest BCUT2D eigenvalue weighted by Gasteiger charge is 2.50. The summed E-state index contributed by atoms with van der Waals surface area (Å²) >= 11 is 0. The van der Waals surface area contributed by atoms with Gasteiger partial charge in [0, 0.05) is 6.54 Å². The number of halogens is 1. The monoisotopic (exact) mass is 417 g/mol. The van der Waals surface area contributed by atoms with Crippen molar-refractivity contribution in [3.63, 3.8) is 0 Å². The summed E-state index contributed by atoms with van der Waals surface area (Å²) in [6.07, 6.45) is 15.4. The molecule has 4 nitrogen and oxygen atoms in total. The van der Waals surface area contributed by atoms with Gasteiger partial charge in [-0.15, -0.1) is 0 Å². The van der Waals surface area contributed by atoms with E-state index in [1.807, 2.05) is 4.90 Å². The van der Waals surface area contributed by atoms with Crippen LogP contribution < -0.4 is 11.1 Å². The molecule has 1 saturated heterocycles. The van der Waals surface area contributed by atoms with Gasteiger partial charge >= 0.3 is 0 Å². The first-order valence-electron chi connectivity index (χ1n) is 12.3. The molecule has 5 heteroatoms. The Kier molecular flexibility index (Phi) is 7.45. The van der Waals surface area contributed by atoms with Crippen LogP contribution in [0.2, 0.25) is 0 Å². The van der Waals surface area contributed by atoms with Gasteiger partial charge in [-0.2, -0.15) is 0 Å². The molecule has 4 rings (SSSR count). The predicted molar refractivity (Wildman–Crippen MR) is 119 cm³/mol. The highest BCUT2D eigenvalue weighted by Crippen LogP contribution is 2.41. The fourth-order valence-electron chi connectivity index (χ4n) is 6.22. The zero-order valence-electron chi connectivity index (χ0n) is 18.4. The van der Waals surface area contributed by atoms with Crippen LogP contribution in [0.15, 0.2) is 24.3 Å². The molecular weight excluding hydrogens is 377 g/mol. The lowest BCUT2D eigenvalue weighted by atomic mass is 9.74. The molecule has 168 valence electrons. The fraction of sp³-hybridized carbons (Fsp3) is 0.760. The van der Waals surface area contributed by atoms with Gasteiger partial charge in [-0.05, 0) is 48.8 Å². The van der Waals surface area contributed by atoms with Crippen molar-refractivity contribution in [3.8, 4) is 0 Å². The lowest BCUT2D eigenvalue weighted by molar-refractivity contribution is -0.0359. The van der Waals surface area contributed by atoms with Crippen molar-refractivity contribution >= 4 is 0 Å². The zero-order valence-corrected chi connectivity index (χ0v) is 18.4. The Morgan fingerprint density at radius 3 is 2.20 bits per heavy atom. The summed E-state index contributed by atoms with van der Waals surface area (Å²) in [7, 11) is 0. The molecule has 0 bridgehead atoms. The molecule has 3 fully saturated rings. The number of nitrogens with one attached hydrogen (secondary N) is 1. The summed E-state index contributed by atoms with van der Waals surface area (Å²) in [5, 5.41) is 15.2. The Balaban J connectivity index is 1.48. The topological polar surface area (TPSA) is 61.5 Å². The number of aliphatic hydroxyl groups excluding tert-OH is 1. The summed E-state index contributed by atoms with van der Waals surface area (Å²) in [5.41, 5.74) is 7.16. The standard InChI is InChI=1S/C25H40FN3O/c26-22-13-11-21(12-14-22)18-29-23(30)25(28-24(29)27,17-20-9-5-2-6-10-20)16-15-19-7-3-1-4-8-19/h11-14,19-20,23-24,28,30H,1-10,15-18,27H2. The van der Waals surface area contributed by atoms with Crippen molar-refractivity contribution in [2.75, 3.05) is 0 Å². The molecule has 1 heterocycles. The number of aliphatic hydroxyl groups is 1. The maximum atomic E-state index is 13.3. The zero-order chi connectivity index (χ0) is 21.0. The molecule has 30 heavy (non-hydrogen) atoms. The largest absolute Gasteiger partial charge is 0.376 e. The van der Waals surface area contributed by atoms with Gasteiger partial charge in [-0.25, -0.2) is 9.29 Å². The van der Waals surface area contributed by atoms with Crippen molar-refractivity contribution in [3.05, 3.63) is 35.6 Å². The first kappa shape index (κ1) is 22.2. The molecule has 0 spiro atoms. The van der Waals surface area contributed by atoms with Crippen molar-refractivity contribution in [2.24, 2.45) is 17.6 Å². The minimum atomic E-state index is -0.608. The second kappa shape index (κ2) is 10.1. The maximum absolute atomic E-state index is 13.3. The van der Waals surface area contributed by atoms with Gasteiger partial charge in [0.05, 0.1) is 5.54 Å². The summed E-state index contributed by atoms with van der Waals surface area (Å²) < 4.78 is 13.3. The van der Waals surface area contributed by atoms with Crippen LogP contribution in [0.3, 0.4) is 0 Å². The van der Waals surface area contributed by atoms with E-state index in [0.717, 1.165) is 24.3 Å². The molecule has 0 radical (unpaired) electrons. The Labute approximate surface area is 181 Å². The van der Waals surface area contributed by atoms with Gasteiger partial charge in [0.2, 0.25) is 0 Å². The molecular formula is C25H40FN3O. The Morgan fingerprint density at radius 2 is 1.57 bits per heavy atom. The summed E-state index contributed by atoms with van der Waals surface area (Å²) in [6.45, 7) is 0.533. The molecule has 3 atom stereocenters. The van der Waals surface area contributed by atoms with Crippen molar-refractivity contribution < 1.29 is 9.50 Å². The number of hydrogen-bond acceptors (Lipinski definition) is 4. The van der Waals surface area contributed by atoms with E-state index in [0.29, 0.717) is 12.5 Å². The second-order valence-corrected chi connectivity index (χ2v) is 10.2. The van der Waals surface area contributed by atoms with Crippen LogP contribution in [-0.4, -0.2) is 28.1 Å². The molecule has 2 aliphatic carbocycles. The lowest BCUT2D eigenvalue weighted by Crippen LogP contribution is -2.52. The van der Waals surface area contributed by atoms with Gasteiger partial charge < -0.3 is 10.8 Å². The molecule has 3 unspecified atom stereocenters. The summed E-state index contributed by atoms with van der Waals surface area (Å²) in [5.74, 6) is 1.23. The van der Waals surface area contributed by atoms with E-state index in [1.165, 1.54) is 82.8 Å². The van der Waals surface area contributed by atoms with E-state index < -0.39 is 6.23 Å². The molecule has 4 N–H and O–H groups in total. The average Bonchev–Trinajstić information content (AvgIpc) is 2.99. The molecule has 2 saturated carbocycles. The smallest absolute Gasteiger partial charge is 0.128 e. The van der Waals surface area contributed by atoms with Gasteiger partial charge in [0.25, 0.3) is 0 Å². The van der Waals surface area contributed by atoms with Crippen molar-refractivity contribution in [2.45, 2.75) is 108 Å². The number of hydrogen-bond donors (Lipinski definition) is 3. The Hall–Kier alpha value is -1.01. The van der Waals surface area contributed by atoms with Crippen LogP contribution in [0.1, 0.15) is 89.0 Å². The third-order valence-corrected chi connectivity index (χ3v) is 7.98. The maximum Gasteiger partial charge on any atom is 0.128 e. The number of rotatable bonds is 7. The molecule has 0 aromatic heterocycles. The van der Waals surface area contributed by atoms with Gasteiger partial charge in [0.15, 0.2) is 0 Å². The minimum Gasteiger partial charge on any atom is -0.376 e. The Morgan fingerprint density at radius 1 is 0.967 bits per heavy atom. The molecule has 1 aliphatic heterocycles. The first-order chi connectivity index (χ1) is 14.6. The van der Waals surface area contributed by atoms with E-state index in [2.05, 4.69) is 5.32 Å².